The number of hydrogen-bond donors (Lipinski definition) is 0. The first-order valence-electron chi connectivity index (χ1n) is 10.2. The summed E-state index contributed by atoms with van der Waals surface area (Å²) in [6.45, 7) is 15.1. The van der Waals surface area contributed by atoms with Gasteiger partial charge in [-0.15, -0.1) is 0 Å². The van der Waals surface area contributed by atoms with Gasteiger partial charge in [-0.25, -0.2) is 0 Å². The molecule has 0 aromatic heterocycles. The van der Waals surface area contributed by atoms with Gasteiger partial charge in [0.2, 0.25) is 0 Å². The van der Waals surface area contributed by atoms with Crippen LogP contribution in [-0.2, 0) is 27.8 Å². The topological polar surface area (TPSA) is 55.4 Å². The summed E-state index contributed by atoms with van der Waals surface area (Å²) in [7, 11) is 2.26. The van der Waals surface area contributed by atoms with Crippen molar-refractivity contribution < 1.29 is 27.8 Å². The van der Waals surface area contributed by atoms with E-state index in [9.17, 15) is 0 Å². The lowest BCUT2D eigenvalue weighted by Crippen LogP contribution is -2.38. The Morgan fingerprint density at radius 1 is 1.00 bits per heavy atom. The first-order valence-corrected chi connectivity index (χ1v) is 11.3. The van der Waals surface area contributed by atoms with E-state index in [-0.39, 0.29) is 42.1 Å². The number of ether oxygens (including phenoxy) is 3. The Labute approximate surface area is 167 Å². The molecule has 0 aliphatic carbocycles. The lowest BCUT2D eigenvalue weighted by Gasteiger charge is -2.31. The Balaban J connectivity index is 1.94. The fourth-order valence-electron chi connectivity index (χ4n) is 3.74. The maximum atomic E-state index is 6.26. The van der Waals surface area contributed by atoms with Gasteiger partial charge in [-0.3, -0.25) is 0 Å². The predicted octanol–water partition coefficient (Wildman–Crippen LogP) is 3.27. The van der Waals surface area contributed by atoms with Gasteiger partial charge in [0.25, 0.3) is 0 Å². The van der Waals surface area contributed by atoms with E-state index in [4.69, 9.17) is 27.8 Å². The molecular formula is C19H38BO6P. The molecule has 0 N–H and O–H groups in total. The number of hydrogen-bond acceptors (Lipinski definition) is 6. The zero-order valence-corrected chi connectivity index (χ0v) is 19.3. The van der Waals surface area contributed by atoms with E-state index < -0.39 is 8.60 Å². The molecule has 0 aromatic rings. The Bertz CT molecular complexity index is 462. The normalized spacial score (nSPS) is 41.2. The molecule has 158 valence electrons. The van der Waals surface area contributed by atoms with Crippen LogP contribution >= 0.6 is 8.60 Å². The van der Waals surface area contributed by atoms with Gasteiger partial charge in [0, 0.05) is 24.9 Å². The zero-order valence-electron chi connectivity index (χ0n) is 18.4. The molecule has 2 aliphatic rings. The molecule has 27 heavy (non-hydrogen) atoms. The van der Waals surface area contributed by atoms with Crippen LogP contribution in [0, 0.1) is 11.8 Å². The first kappa shape index (κ1) is 23.5. The molecule has 2 rings (SSSR count). The fraction of sp³-hybridized carbons (Fsp3) is 1.00. The molecule has 9 atom stereocenters. The van der Waals surface area contributed by atoms with Crippen LogP contribution in [0.3, 0.4) is 0 Å². The summed E-state index contributed by atoms with van der Waals surface area (Å²) < 4.78 is 36.1. The molecule has 0 amide bonds. The molecule has 0 spiro atoms. The smallest absolute Gasteiger partial charge is 0.332 e. The van der Waals surface area contributed by atoms with Crippen LogP contribution in [0.4, 0.5) is 0 Å². The third-order valence-electron chi connectivity index (χ3n) is 5.62. The highest BCUT2D eigenvalue weighted by atomic mass is 31.2. The Morgan fingerprint density at radius 2 is 1.67 bits per heavy atom. The van der Waals surface area contributed by atoms with Crippen molar-refractivity contribution in [2.24, 2.45) is 11.8 Å². The van der Waals surface area contributed by atoms with E-state index in [0.717, 1.165) is 6.42 Å². The summed E-state index contributed by atoms with van der Waals surface area (Å²) in [4.78, 5) is 0. The van der Waals surface area contributed by atoms with Crippen molar-refractivity contribution in [3.8, 4) is 0 Å². The van der Waals surface area contributed by atoms with Crippen molar-refractivity contribution in [2.45, 2.75) is 97.0 Å². The van der Waals surface area contributed by atoms with Crippen LogP contribution in [0.5, 0.6) is 0 Å². The lowest BCUT2D eigenvalue weighted by molar-refractivity contribution is -0.106. The second kappa shape index (κ2) is 9.84. The van der Waals surface area contributed by atoms with Crippen LogP contribution in [0.15, 0.2) is 0 Å². The molecule has 0 aromatic carbocycles. The summed E-state index contributed by atoms with van der Waals surface area (Å²) in [5.41, 5.74) is -0.228. The van der Waals surface area contributed by atoms with Gasteiger partial charge in [-0.2, -0.15) is 0 Å². The highest BCUT2D eigenvalue weighted by Crippen LogP contribution is 2.46. The molecule has 3 unspecified atom stereocenters. The molecule has 0 bridgehead atoms. The van der Waals surface area contributed by atoms with Crippen LogP contribution in [-0.4, -0.2) is 63.7 Å². The van der Waals surface area contributed by atoms with Gasteiger partial charge in [-0.05, 0) is 34.1 Å². The van der Waals surface area contributed by atoms with E-state index in [1.165, 1.54) is 0 Å². The second-order valence-corrected chi connectivity index (χ2v) is 10.1. The third-order valence-corrected chi connectivity index (χ3v) is 6.70. The van der Waals surface area contributed by atoms with Crippen molar-refractivity contribution in [1.82, 2.24) is 0 Å². The summed E-state index contributed by atoms with van der Waals surface area (Å²) in [5, 5.41) is 0. The average Bonchev–Trinajstić information content (AvgIpc) is 3.01. The molecule has 0 radical (unpaired) electrons. The Morgan fingerprint density at radius 3 is 2.22 bits per heavy atom. The average molecular weight is 404 g/mol. The standard InChI is InChI=1S/C19H38BO6P/c1-9-14-17(12(3)18(20)24-14)26-27(21-8)22-10-15-16(25-19(5,6)7)11(2)13(4)23-15/h11-18H,9-10,20H2,1-8H3/t11-,12+,13+,14-,15-,16?,17?,18-,27?/m1/s1. The minimum Gasteiger partial charge on any atom is -0.381 e. The van der Waals surface area contributed by atoms with Crippen LogP contribution in [0.25, 0.3) is 0 Å². The van der Waals surface area contributed by atoms with Crippen molar-refractivity contribution >= 4 is 16.4 Å². The number of rotatable bonds is 8. The van der Waals surface area contributed by atoms with E-state index in [2.05, 4.69) is 56.3 Å². The molecule has 2 saturated heterocycles. The predicted molar refractivity (Wildman–Crippen MR) is 110 cm³/mol. The van der Waals surface area contributed by atoms with E-state index >= 15 is 0 Å². The van der Waals surface area contributed by atoms with E-state index in [1.807, 2.05) is 0 Å². The molecule has 6 nitrogen and oxygen atoms in total. The van der Waals surface area contributed by atoms with E-state index in [0.29, 0.717) is 18.4 Å². The van der Waals surface area contributed by atoms with Gasteiger partial charge in [0.05, 0.1) is 36.6 Å². The van der Waals surface area contributed by atoms with Gasteiger partial charge in [-0.1, -0.05) is 20.8 Å². The highest BCUT2D eigenvalue weighted by Gasteiger charge is 2.44. The third kappa shape index (κ3) is 6.12. The molecule has 8 heteroatoms. The zero-order chi connectivity index (χ0) is 20.4. The van der Waals surface area contributed by atoms with Gasteiger partial charge < -0.3 is 27.8 Å². The Hall–Kier alpha value is 0.255. The van der Waals surface area contributed by atoms with Gasteiger partial charge >= 0.3 is 8.60 Å². The first-order chi connectivity index (χ1) is 12.6. The molecule has 2 fully saturated rings. The second-order valence-electron chi connectivity index (χ2n) is 8.85. The Kier molecular flexibility index (Phi) is 8.58. The summed E-state index contributed by atoms with van der Waals surface area (Å²) in [6.07, 6.45) is 0.976. The molecule has 2 heterocycles. The minimum atomic E-state index is -1.46. The minimum absolute atomic E-state index is 0.00847. The summed E-state index contributed by atoms with van der Waals surface area (Å²) >= 11 is 0. The summed E-state index contributed by atoms with van der Waals surface area (Å²) in [6, 6.07) is 0.179. The van der Waals surface area contributed by atoms with Gasteiger partial charge in [0.15, 0.2) is 0 Å². The highest BCUT2D eigenvalue weighted by molar-refractivity contribution is 7.41. The summed E-state index contributed by atoms with van der Waals surface area (Å²) in [5.74, 6) is 0.611. The van der Waals surface area contributed by atoms with Gasteiger partial charge in [0.1, 0.15) is 14.0 Å². The van der Waals surface area contributed by atoms with Crippen molar-refractivity contribution in [3.05, 3.63) is 0 Å². The van der Waals surface area contributed by atoms with Crippen LogP contribution < -0.4 is 0 Å². The monoisotopic (exact) mass is 404 g/mol. The maximum absolute atomic E-state index is 6.26. The van der Waals surface area contributed by atoms with Crippen molar-refractivity contribution in [3.63, 3.8) is 0 Å². The quantitative estimate of drug-likeness (QED) is 0.457. The van der Waals surface area contributed by atoms with Crippen LogP contribution in [0.2, 0.25) is 0 Å². The molecule has 0 saturated carbocycles. The van der Waals surface area contributed by atoms with Crippen molar-refractivity contribution in [1.29, 1.82) is 0 Å². The largest absolute Gasteiger partial charge is 0.381 e. The molecule has 2 aliphatic heterocycles. The van der Waals surface area contributed by atoms with Crippen molar-refractivity contribution in [2.75, 3.05) is 13.7 Å². The maximum Gasteiger partial charge on any atom is 0.332 e. The van der Waals surface area contributed by atoms with Crippen LogP contribution in [0.1, 0.15) is 54.9 Å². The molecular weight excluding hydrogens is 366 g/mol. The SMILES string of the molecule is B[C@@H]1O[C@H](CC)C(OP(OC)OC[C@H]2O[C@@H](C)[C@@H](C)C2OC(C)(C)C)[C@@H]1C. The lowest BCUT2D eigenvalue weighted by atomic mass is 9.86. The van der Waals surface area contributed by atoms with E-state index in [1.54, 1.807) is 7.11 Å². The fourth-order valence-corrected chi connectivity index (χ4v) is 4.79.